The lowest BCUT2D eigenvalue weighted by Gasteiger charge is -2.07. The number of nitrogens with two attached hydrogens (primary N) is 1. The van der Waals surface area contributed by atoms with E-state index in [0.29, 0.717) is 12.2 Å². The number of rotatable bonds is 2. The molecule has 0 spiro atoms. The van der Waals surface area contributed by atoms with Crippen molar-refractivity contribution >= 4 is 21.6 Å². The minimum atomic E-state index is 0.307. The summed E-state index contributed by atoms with van der Waals surface area (Å²) >= 11 is 3.41. The first-order chi connectivity index (χ1) is 7.66. The maximum absolute atomic E-state index is 9.68. The van der Waals surface area contributed by atoms with Gasteiger partial charge in [-0.25, -0.2) is 0 Å². The first-order valence-electron chi connectivity index (χ1n) is 4.97. The van der Waals surface area contributed by atoms with E-state index in [2.05, 4.69) is 15.9 Å². The summed E-state index contributed by atoms with van der Waals surface area (Å²) in [6.45, 7) is 0. The maximum Gasteiger partial charge on any atom is 0.119 e. The number of para-hydroxylation sites is 1. The van der Waals surface area contributed by atoms with Crippen molar-refractivity contribution in [2.45, 2.75) is 6.42 Å². The molecule has 2 rings (SSSR count). The third kappa shape index (κ3) is 2.36. The summed E-state index contributed by atoms with van der Waals surface area (Å²) in [5.74, 6) is 0.307. The molecule has 0 aromatic heterocycles. The molecule has 0 atom stereocenters. The lowest BCUT2D eigenvalue weighted by atomic mass is 10.0. The molecular weight excluding hydrogens is 266 g/mol. The van der Waals surface area contributed by atoms with Gasteiger partial charge in [0.15, 0.2) is 0 Å². The second-order valence-electron chi connectivity index (χ2n) is 3.65. The van der Waals surface area contributed by atoms with Gasteiger partial charge in [-0.15, -0.1) is 0 Å². The van der Waals surface area contributed by atoms with Gasteiger partial charge in [0.25, 0.3) is 0 Å². The van der Waals surface area contributed by atoms with E-state index in [0.717, 1.165) is 21.3 Å². The Kier molecular flexibility index (Phi) is 3.15. The molecule has 0 radical (unpaired) electrons. The Morgan fingerprint density at radius 1 is 1.06 bits per heavy atom. The van der Waals surface area contributed by atoms with Crippen LogP contribution in [0.25, 0.3) is 0 Å². The molecule has 0 aliphatic carbocycles. The Bertz CT molecular complexity index is 511. The van der Waals surface area contributed by atoms with Crippen LogP contribution in [0.4, 0.5) is 5.69 Å². The van der Waals surface area contributed by atoms with E-state index in [1.54, 1.807) is 6.07 Å². The molecule has 0 aliphatic rings. The van der Waals surface area contributed by atoms with Crippen LogP contribution < -0.4 is 5.73 Å². The molecule has 0 saturated carbocycles. The molecule has 82 valence electrons. The Labute approximate surface area is 103 Å². The van der Waals surface area contributed by atoms with E-state index in [4.69, 9.17) is 5.73 Å². The molecule has 0 bridgehead atoms. The zero-order chi connectivity index (χ0) is 11.5. The van der Waals surface area contributed by atoms with Crippen LogP contribution in [0.15, 0.2) is 46.9 Å². The number of phenolic OH excluding ortho intramolecular Hbond substituents is 1. The standard InChI is InChI=1S/C13H12BrNO/c14-11-5-6-12(15)10(8-11)7-9-3-1-2-4-13(9)16/h1-6,8,16H,7,15H2. The number of benzene rings is 2. The normalized spacial score (nSPS) is 10.3. The number of hydrogen-bond acceptors (Lipinski definition) is 2. The zero-order valence-electron chi connectivity index (χ0n) is 8.65. The minimum absolute atomic E-state index is 0.307. The fraction of sp³-hybridized carbons (Fsp3) is 0.0769. The van der Waals surface area contributed by atoms with Gasteiger partial charge in [-0.05, 0) is 35.4 Å². The number of phenols is 1. The number of aromatic hydroxyl groups is 1. The van der Waals surface area contributed by atoms with E-state index >= 15 is 0 Å². The van der Waals surface area contributed by atoms with Crippen LogP contribution in [0.5, 0.6) is 5.75 Å². The summed E-state index contributed by atoms with van der Waals surface area (Å²) < 4.78 is 0.993. The molecular formula is C13H12BrNO. The average molecular weight is 278 g/mol. The van der Waals surface area contributed by atoms with Crippen molar-refractivity contribution in [3.8, 4) is 5.75 Å². The molecule has 3 heteroatoms. The van der Waals surface area contributed by atoms with Crippen molar-refractivity contribution in [1.29, 1.82) is 0 Å². The second kappa shape index (κ2) is 4.58. The predicted octanol–water partition coefficient (Wildman–Crippen LogP) is 3.33. The number of anilines is 1. The quantitative estimate of drug-likeness (QED) is 0.828. The predicted molar refractivity (Wildman–Crippen MR) is 69.5 cm³/mol. The Hall–Kier alpha value is -1.48. The van der Waals surface area contributed by atoms with Gasteiger partial charge in [0, 0.05) is 16.6 Å². The molecule has 0 fully saturated rings. The monoisotopic (exact) mass is 277 g/mol. The molecule has 2 aromatic rings. The Balaban J connectivity index is 2.34. The highest BCUT2D eigenvalue weighted by atomic mass is 79.9. The van der Waals surface area contributed by atoms with E-state index in [9.17, 15) is 5.11 Å². The summed E-state index contributed by atoms with van der Waals surface area (Å²) in [5, 5.41) is 9.68. The fourth-order valence-corrected chi connectivity index (χ4v) is 2.00. The molecule has 0 saturated heterocycles. The van der Waals surface area contributed by atoms with E-state index in [1.165, 1.54) is 0 Å². The average Bonchev–Trinajstić information content (AvgIpc) is 2.27. The van der Waals surface area contributed by atoms with Crippen molar-refractivity contribution in [2.75, 3.05) is 5.73 Å². The number of hydrogen-bond donors (Lipinski definition) is 2. The second-order valence-corrected chi connectivity index (χ2v) is 4.56. The summed E-state index contributed by atoms with van der Waals surface area (Å²) in [6, 6.07) is 13.0. The molecule has 2 aromatic carbocycles. The third-order valence-corrected chi connectivity index (χ3v) is 2.97. The van der Waals surface area contributed by atoms with Gasteiger partial charge < -0.3 is 10.8 Å². The number of nitrogen functional groups attached to an aromatic ring is 1. The smallest absolute Gasteiger partial charge is 0.119 e. The van der Waals surface area contributed by atoms with Crippen molar-refractivity contribution < 1.29 is 5.11 Å². The van der Waals surface area contributed by atoms with Crippen LogP contribution in [0, 0.1) is 0 Å². The van der Waals surface area contributed by atoms with Gasteiger partial charge >= 0.3 is 0 Å². The largest absolute Gasteiger partial charge is 0.508 e. The van der Waals surface area contributed by atoms with Crippen LogP contribution in [-0.4, -0.2) is 5.11 Å². The van der Waals surface area contributed by atoms with Crippen LogP contribution in [-0.2, 0) is 6.42 Å². The highest BCUT2D eigenvalue weighted by molar-refractivity contribution is 9.10. The zero-order valence-corrected chi connectivity index (χ0v) is 10.2. The first kappa shape index (κ1) is 11.0. The van der Waals surface area contributed by atoms with Gasteiger partial charge in [-0.1, -0.05) is 34.1 Å². The van der Waals surface area contributed by atoms with E-state index in [-0.39, 0.29) is 0 Å². The van der Waals surface area contributed by atoms with Crippen molar-refractivity contribution in [2.24, 2.45) is 0 Å². The summed E-state index contributed by atoms with van der Waals surface area (Å²) in [5.41, 5.74) is 8.52. The first-order valence-corrected chi connectivity index (χ1v) is 5.77. The van der Waals surface area contributed by atoms with Gasteiger partial charge in [0.1, 0.15) is 5.75 Å². The lowest BCUT2D eigenvalue weighted by Crippen LogP contribution is -1.95. The molecule has 0 amide bonds. The molecule has 3 N–H and O–H groups in total. The third-order valence-electron chi connectivity index (χ3n) is 2.48. The lowest BCUT2D eigenvalue weighted by molar-refractivity contribution is 0.469. The molecule has 2 nitrogen and oxygen atoms in total. The Morgan fingerprint density at radius 2 is 1.81 bits per heavy atom. The van der Waals surface area contributed by atoms with Crippen LogP contribution >= 0.6 is 15.9 Å². The molecule has 0 unspecified atom stereocenters. The highest BCUT2D eigenvalue weighted by Crippen LogP contribution is 2.25. The van der Waals surface area contributed by atoms with E-state index < -0.39 is 0 Å². The van der Waals surface area contributed by atoms with Gasteiger partial charge in [-0.3, -0.25) is 0 Å². The molecule has 16 heavy (non-hydrogen) atoms. The molecule has 0 aliphatic heterocycles. The Morgan fingerprint density at radius 3 is 2.56 bits per heavy atom. The fourth-order valence-electron chi connectivity index (χ4n) is 1.59. The highest BCUT2D eigenvalue weighted by Gasteiger charge is 2.05. The minimum Gasteiger partial charge on any atom is -0.508 e. The number of halogens is 1. The maximum atomic E-state index is 9.68. The van der Waals surface area contributed by atoms with Crippen LogP contribution in [0.2, 0.25) is 0 Å². The van der Waals surface area contributed by atoms with Crippen LogP contribution in [0.1, 0.15) is 11.1 Å². The van der Waals surface area contributed by atoms with Crippen molar-refractivity contribution in [1.82, 2.24) is 0 Å². The van der Waals surface area contributed by atoms with Gasteiger partial charge in [0.2, 0.25) is 0 Å². The summed E-state index contributed by atoms with van der Waals surface area (Å²) in [7, 11) is 0. The summed E-state index contributed by atoms with van der Waals surface area (Å²) in [4.78, 5) is 0. The van der Waals surface area contributed by atoms with Crippen LogP contribution in [0.3, 0.4) is 0 Å². The van der Waals surface area contributed by atoms with Crippen molar-refractivity contribution in [3.63, 3.8) is 0 Å². The SMILES string of the molecule is Nc1ccc(Br)cc1Cc1ccccc1O. The topological polar surface area (TPSA) is 46.2 Å². The van der Waals surface area contributed by atoms with Crippen molar-refractivity contribution in [3.05, 3.63) is 58.1 Å². The van der Waals surface area contributed by atoms with E-state index in [1.807, 2.05) is 36.4 Å². The summed E-state index contributed by atoms with van der Waals surface area (Å²) in [6.07, 6.45) is 0.637. The van der Waals surface area contributed by atoms with Gasteiger partial charge in [-0.2, -0.15) is 0 Å². The van der Waals surface area contributed by atoms with Gasteiger partial charge in [0.05, 0.1) is 0 Å². The molecule has 0 heterocycles.